The van der Waals surface area contributed by atoms with Crippen molar-refractivity contribution < 1.29 is 60.1 Å². The topological polar surface area (TPSA) is 273 Å². The maximum absolute atomic E-state index is 13.8. The Morgan fingerprint density at radius 3 is 1.23 bits per heavy atom. The molecule has 0 aromatic heterocycles. The van der Waals surface area contributed by atoms with E-state index in [-0.39, 0.29) is 66.8 Å². The number of allylic oxidation sites excluding steroid dienone is 6. The number of benzene rings is 4. The minimum atomic E-state index is -1.14. The number of anilines is 2. The summed E-state index contributed by atoms with van der Waals surface area (Å²) < 4.78 is 0. The van der Waals surface area contributed by atoms with Crippen molar-refractivity contribution >= 4 is 58.2 Å². The minimum Gasteiger partial charge on any atom is -0.412 e. The fourth-order valence-electron chi connectivity index (χ4n) is 11.1. The van der Waals surface area contributed by atoms with Crippen LogP contribution in [0.4, 0.5) is 11.4 Å². The van der Waals surface area contributed by atoms with Gasteiger partial charge in [0.15, 0.2) is 0 Å². The van der Waals surface area contributed by atoms with Crippen LogP contribution in [0.3, 0.4) is 0 Å². The van der Waals surface area contributed by atoms with Gasteiger partial charge < -0.3 is 42.9 Å². The molecule has 6 amide bonds. The van der Waals surface area contributed by atoms with Gasteiger partial charge in [0.1, 0.15) is 0 Å². The minimum absolute atomic E-state index is 0. The number of nitrogens with one attached hydrogen (secondary N) is 2. The number of likely N-dealkylation sites (N-methyl/N-ethyl adjacent to an activating group) is 2. The molecule has 2 unspecified atom stereocenters. The van der Waals surface area contributed by atoms with Gasteiger partial charge in [0.2, 0.25) is 36.0 Å². The number of nitrogens with zero attached hydrogens (tertiary/aromatic N) is 4. The van der Waals surface area contributed by atoms with Gasteiger partial charge in [-0.2, -0.15) is 0 Å². The van der Waals surface area contributed by atoms with Crippen LogP contribution in [-0.4, -0.2) is 84.2 Å². The molecule has 0 bridgehead atoms. The average Bonchev–Trinajstić information content (AvgIpc) is 4.15. The number of rotatable bonds is 14. The van der Waals surface area contributed by atoms with E-state index >= 15 is 0 Å². The molecule has 17 heteroatoms. The van der Waals surface area contributed by atoms with Gasteiger partial charge in [-0.3, -0.25) is 28.8 Å². The number of benzodiazepines with no additional fused rings is 2. The summed E-state index contributed by atoms with van der Waals surface area (Å²) in [5.74, 6) is -3.27. The van der Waals surface area contributed by atoms with Crippen LogP contribution in [-0.2, 0) is 49.2 Å². The monoisotopic (exact) mass is 1170 g/mol. The summed E-state index contributed by atoms with van der Waals surface area (Å²) in [7, 11) is 3.37. The maximum Gasteiger partial charge on any atom is 0.272 e. The van der Waals surface area contributed by atoms with Gasteiger partial charge in [-0.25, -0.2) is 9.98 Å². The molecular weight excluding hydrogens is 1090 g/mol. The number of nitrogens with two attached hydrogens (primary N) is 2. The number of hydrogen-bond donors (Lipinski definition) is 4. The van der Waals surface area contributed by atoms with Gasteiger partial charge >= 0.3 is 0 Å². The summed E-state index contributed by atoms with van der Waals surface area (Å²) >= 11 is 0. The van der Waals surface area contributed by atoms with Crippen LogP contribution >= 0.6 is 0 Å². The first-order chi connectivity index (χ1) is 36.5. The first-order valence-electron chi connectivity index (χ1n) is 26.6. The Bertz CT molecular complexity index is 2720. The van der Waals surface area contributed by atoms with E-state index in [1.165, 1.54) is 9.80 Å². The number of carbonyl (C=O) groups excluding carboxylic acids is 6. The predicted molar refractivity (Wildman–Crippen MR) is 308 cm³/mol. The molecule has 0 radical (unpaired) electrons. The van der Waals surface area contributed by atoms with Crippen molar-refractivity contribution in [1.82, 2.24) is 10.6 Å². The molecule has 0 spiro atoms. The third-order valence-corrected chi connectivity index (χ3v) is 15.2. The molecule has 16 nitrogen and oxygen atoms in total. The summed E-state index contributed by atoms with van der Waals surface area (Å²) in [5, 5.41) is 5.79. The molecule has 9 rings (SSSR count). The fourth-order valence-corrected chi connectivity index (χ4v) is 11.1. The number of hydrogen-bond acceptors (Lipinski definition) is 8. The van der Waals surface area contributed by atoms with E-state index in [2.05, 4.69) is 34.9 Å². The van der Waals surface area contributed by atoms with Crippen molar-refractivity contribution in [3.05, 3.63) is 168 Å². The molecule has 1 saturated carbocycles. The van der Waals surface area contributed by atoms with Crippen molar-refractivity contribution in [2.24, 2.45) is 56.0 Å². The van der Waals surface area contributed by atoms with Crippen molar-refractivity contribution in [3.63, 3.8) is 0 Å². The predicted octanol–water partition coefficient (Wildman–Crippen LogP) is 7.32. The van der Waals surface area contributed by atoms with Crippen molar-refractivity contribution in [3.8, 4) is 0 Å². The summed E-state index contributed by atoms with van der Waals surface area (Å²) in [6.07, 6.45) is 17.3. The van der Waals surface area contributed by atoms with Crippen LogP contribution in [0.1, 0.15) is 114 Å². The van der Waals surface area contributed by atoms with Gasteiger partial charge in [0, 0.05) is 56.8 Å². The number of fused-ring (bicyclic) bond motifs is 2. The largest absolute Gasteiger partial charge is 0.412 e. The van der Waals surface area contributed by atoms with Gasteiger partial charge in [-0.05, 0) is 75.3 Å². The standard InChI is InChI=1S/C28H34N4O3.C28H32N4O3.C6H8.2H2O.Pd/c2*1-18(2)17-21(28(27(29)35)15-9-10-16-28)25(33)31-24-26(34)32(3)22-14-8-7-13-20(22)23(30-24)19-11-5-4-6-12-19;1-2-4-6-5-3-1;;;/h4-8,11-14,18,21,24H,9-10,15-17H2,1-3H3,(H2,29,35)(H,31,33);4-14,18,21,24H,15-17H2,1-3H3,(H2,29,35)(H,31,33);1-2,5-6H,3-4H2;2*1H2;/t2*21-,24?;;;;/m00..../s1. The van der Waals surface area contributed by atoms with Gasteiger partial charge in [-0.15, -0.1) is 0 Å². The molecule has 5 aliphatic rings. The molecule has 10 N–H and O–H groups in total. The summed E-state index contributed by atoms with van der Waals surface area (Å²) in [6.45, 7) is 8.06. The number of primary amides is 2. The summed E-state index contributed by atoms with van der Waals surface area (Å²) in [5.41, 5.74) is 15.9. The number of amides is 6. The maximum atomic E-state index is 13.8. The zero-order chi connectivity index (χ0) is 54.6. The molecular formula is C62H78N8O8Pd. The van der Waals surface area contributed by atoms with Crippen LogP contribution < -0.4 is 31.9 Å². The van der Waals surface area contributed by atoms with Crippen LogP contribution in [0.5, 0.6) is 0 Å². The van der Waals surface area contributed by atoms with Gasteiger partial charge in [0.05, 0.1) is 45.5 Å². The van der Waals surface area contributed by atoms with Gasteiger partial charge in [0.25, 0.3) is 11.8 Å². The molecule has 0 saturated heterocycles. The number of aliphatic imine (C=N–C) groups is 2. The molecule has 3 aliphatic carbocycles. The Morgan fingerprint density at radius 2 is 0.886 bits per heavy atom. The molecule has 4 aromatic carbocycles. The quantitative estimate of drug-likeness (QED) is 0.0741. The Hall–Kier alpha value is -7.16. The van der Waals surface area contributed by atoms with E-state index in [1.807, 2.05) is 149 Å². The molecule has 4 aromatic rings. The van der Waals surface area contributed by atoms with E-state index in [1.54, 1.807) is 14.1 Å². The third-order valence-electron chi connectivity index (χ3n) is 15.2. The van der Waals surface area contributed by atoms with Crippen LogP contribution in [0.2, 0.25) is 0 Å². The van der Waals surface area contributed by atoms with Crippen molar-refractivity contribution in [2.45, 2.75) is 104 Å². The smallest absolute Gasteiger partial charge is 0.272 e. The molecule has 2 aliphatic heterocycles. The normalized spacial score (nSPS) is 19.0. The van der Waals surface area contributed by atoms with Crippen molar-refractivity contribution in [2.75, 3.05) is 23.9 Å². The Morgan fingerprint density at radius 1 is 0.544 bits per heavy atom. The second kappa shape index (κ2) is 29.2. The van der Waals surface area contributed by atoms with Crippen LogP contribution in [0, 0.1) is 34.5 Å². The zero-order valence-electron chi connectivity index (χ0n) is 46.1. The Kier molecular flexibility index (Phi) is 23.8. The second-order valence-corrected chi connectivity index (χ2v) is 21.2. The summed E-state index contributed by atoms with van der Waals surface area (Å²) in [6, 6.07) is 34.4. The van der Waals surface area contributed by atoms with Gasteiger partial charge in [-0.1, -0.05) is 174 Å². The van der Waals surface area contributed by atoms with E-state index in [0.29, 0.717) is 55.6 Å². The Labute approximate surface area is 478 Å². The number of carbonyl (C=O) groups is 6. The van der Waals surface area contributed by atoms with Crippen LogP contribution in [0.15, 0.2) is 156 Å². The van der Waals surface area contributed by atoms with E-state index in [4.69, 9.17) is 21.5 Å². The molecule has 424 valence electrons. The van der Waals surface area contributed by atoms with Crippen molar-refractivity contribution in [1.29, 1.82) is 0 Å². The first-order valence-corrected chi connectivity index (χ1v) is 26.6. The molecule has 79 heavy (non-hydrogen) atoms. The van der Waals surface area contributed by atoms with E-state index < -0.39 is 46.8 Å². The fraction of sp³-hybridized carbons (Fsp3) is 0.387. The van der Waals surface area contributed by atoms with E-state index in [0.717, 1.165) is 53.6 Å². The van der Waals surface area contributed by atoms with Crippen LogP contribution in [0.25, 0.3) is 0 Å². The molecule has 4 atom stereocenters. The second-order valence-electron chi connectivity index (χ2n) is 21.2. The third kappa shape index (κ3) is 14.8. The average molecular weight is 1170 g/mol. The Balaban J connectivity index is 0.000000297. The van der Waals surface area contributed by atoms with E-state index in [9.17, 15) is 28.8 Å². The number of para-hydroxylation sites is 2. The molecule has 1 fully saturated rings. The summed E-state index contributed by atoms with van der Waals surface area (Å²) in [4.78, 5) is 92.4. The zero-order valence-corrected chi connectivity index (χ0v) is 47.7. The first kappa shape index (κ1) is 64.4. The SMILES string of the molecule is C1=CCC=CC1.CC(C)C[C@@H](C(=O)NC1N=C(c2ccccc2)c2ccccc2N(C)C1=O)C1(C(N)=O)CC=CC1.CC(C)C[C@@H](C(=O)NC1N=C(c2ccccc2)c2ccccc2N(C)C1=O)C1(C(N)=O)CCCC1.O.O.[Pd]. The molecule has 2 heterocycles.